The van der Waals surface area contributed by atoms with Crippen LogP contribution in [0.25, 0.3) is 0 Å². The standard InChI is InChI=1S/C14H8BrF4NO/c15-8-1-4-10(5-2-8)20-13(21)11-6-3-9(16)7-12(11)14(17,18)19/h1-7H,(H,20,21). The zero-order valence-corrected chi connectivity index (χ0v) is 11.9. The van der Waals surface area contributed by atoms with Crippen molar-refractivity contribution in [3.8, 4) is 0 Å². The van der Waals surface area contributed by atoms with E-state index in [0.29, 0.717) is 11.8 Å². The summed E-state index contributed by atoms with van der Waals surface area (Å²) in [5.74, 6) is -2.01. The lowest BCUT2D eigenvalue weighted by molar-refractivity contribution is -0.138. The van der Waals surface area contributed by atoms with Crippen molar-refractivity contribution in [1.82, 2.24) is 0 Å². The van der Waals surface area contributed by atoms with Crippen LogP contribution in [0.3, 0.4) is 0 Å². The minimum Gasteiger partial charge on any atom is -0.322 e. The number of nitrogens with one attached hydrogen (secondary N) is 1. The number of rotatable bonds is 2. The first-order valence-corrected chi connectivity index (χ1v) is 6.50. The summed E-state index contributed by atoms with van der Waals surface area (Å²) in [5.41, 5.74) is -1.61. The first-order valence-electron chi connectivity index (χ1n) is 5.71. The Morgan fingerprint density at radius 1 is 1.05 bits per heavy atom. The van der Waals surface area contributed by atoms with Crippen LogP contribution in [-0.2, 0) is 6.18 Å². The van der Waals surface area contributed by atoms with Gasteiger partial charge in [0.2, 0.25) is 0 Å². The zero-order chi connectivity index (χ0) is 15.6. The average molecular weight is 362 g/mol. The Bertz CT molecular complexity index is 668. The maximum atomic E-state index is 13.0. The monoisotopic (exact) mass is 361 g/mol. The Labute approximate surface area is 125 Å². The summed E-state index contributed by atoms with van der Waals surface area (Å²) >= 11 is 3.20. The van der Waals surface area contributed by atoms with E-state index in [9.17, 15) is 22.4 Å². The second kappa shape index (κ2) is 5.85. The van der Waals surface area contributed by atoms with Gasteiger partial charge >= 0.3 is 6.18 Å². The zero-order valence-electron chi connectivity index (χ0n) is 10.3. The Kier molecular flexibility index (Phi) is 4.32. The number of carbonyl (C=O) groups is 1. The number of hydrogen-bond acceptors (Lipinski definition) is 1. The molecule has 0 spiro atoms. The molecule has 0 heterocycles. The van der Waals surface area contributed by atoms with Crippen molar-refractivity contribution in [3.05, 3.63) is 63.9 Å². The van der Waals surface area contributed by atoms with Gasteiger partial charge in [-0.2, -0.15) is 13.2 Å². The van der Waals surface area contributed by atoms with Gasteiger partial charge in [-0.3, -0.25) is 4.79 Å². The first kappa shape index (κ1) is 15.5. The van der Waals surface area contributed by atoms with Gasteiger partial charge in [0.15, 0.2) is 0 Å². The van der Waals surface area contributed by atoms with Crippen LogP contribution >= 0.6 is 15.9 Å². The number of carbonyl (C=O) groups excluding carboxylic acids is 1. The molecule has 0 fully saturated rings. The molecule has 2 rings (SSSR count). The molecule has 110 valence electrons. The number of amides is 1. The van der Waals surface area contributed by atoms with Gasteiger partial charge in [0, 0.05) is 10.2 Å². The third kappa shape index (κ3) is 3.81. The summed E-state index contributed by atoms with van der Waals surface area (Å²) in [7, 11) is 0. The number of benzene rings is 2. The largest absolute Gasteiger partial charge is 0.417 e. The van der Waals surface area contributed by atoms with Crippen molar-refractivity contribution in [1.29, 1.82) is 0 Å². The molecule has 2 aromatic carbocycles. The summed E-state index contributed by atoms with van der Waals surface area (Å²) in [6.07, 6.45) is -4.81. The minimum atomic E-state index is -4.81. The predicted octanol–water partition coefficient (Wildman–Crippen LogP) is 4.86. The van der Waals surface area contributed by atoms with Gasteiger partial charge in [-0.05, 0) is 42.5 Å². The fourth-order valence-corrected chi connectivity index (χ4v) is 1.94. The van der Waals surface area contributed by atoms with Gasteiger partial charge in [0.05, 0.1) is 11.1 Å². The molecule has 0 saturated heterocycles. The van der Waals surface area contributed by atoms with Crippen LogP contribution in [0.15, 0.2) is 46.9 Å². The quantitative estimate of drug-likeness (QED) is 0.760. The topological polar surface area (TPSA) is 29.1 Å². The first-order chi connectivity index (χ1) is 9.77. The number of halogens is 5. The Morgan fingerprint density at radius 2 is 1.67 bits per heavy atom. The van der Waals surface area contributed by atoms with E-state index >= 15 is 0 Å². The molecular formula is C14H8BrF4NO. The van der Waals surface area contributed by atoms with E-state index in [1.165, 1.54) is 12.1 Å². The average Bonchev–Trinajstić information content (AvgIpc) is 2.40. The second-order valence-corrected chi connectivity index (χ2v) is 5.06. The fraction of sp³-hybridized carbons (Fsp3) is 0.0714. The van der Waals surface area contributed by atoms with Gasteiger partial charge in [-0.1, -0.05) is 15.9 Å². The molecule has 0 atom stereocenters. The molecule has 1 amide bonds. The van der Waals surface area contributed by atoms with Crippen LogP contribution in [0.1, 0.15) is 15.9 Å². The van der Waals surface area contributed by atoms with Crippen molar-refractivity contribution in [3.63, 3.8) is 0 Å². The molecule has 0 aromatic heterocycles. The van der Waals surface area contributed by atoms with E-state index in [1.54, 1.807) is 12.1 Å². The van der Waals surface area contributed by atoms with Crippen molar-refractivity contribution < 1.29 is 22.4 Å². The number of alkyl halides is 3. The number of hydrogen-bond donors (Lipinski definition) is 1. The van der Waals surface area contributed by atoms with Crippen LogP contribution in [-0.4, -0.2) is 5.91 Å². The third-order valence-electron chi connectivity index (χ3n) is 2.63. The number of anilines is 1. The van der Waals surface area contributed by atoms with E-state index < -0.39 is 29.0 Å². The highest BCUT2D eigenvalue weighted by molar-refractivity contribution is 9.10. The summed E-state index contributed by atoms with van der Waals surface area (Å²) in [6.45, 7) is 0. The van der Waals surface area contributed by atoms with E-state index in [-0.39, 0.29) is 0 Å². The molecule has 0 radical (unpaired) electrons. The summed E-state index contributed by atoms with van der Waals surface area (Å²) in [5, 5.41) is 2.34. The Balaban J connectivity index is 2.33. The molecule has 2 nitrogen and oxygen atoms in total. The summed E-state index contributed by atoms with van der Waals surface area (Å²) < 4.78 is 52.2. The van der Waals surface area contributed by atoms with Crippen LogP contribution in [0, 0.1) is 5.82 Å². The molecule has 0 aliphatic rings. The molecule has 7 heteroatoms. The van der Waals surface area contributed by atoms with Crippen molar-refractivity contribution in [2.45, 2.75) is 6.18 Å². The molecule has 0 saturated carbocycles. The molecule has 21 heavy (non-hydrogen) atoms. The Hall–Kier alpha value is -1.89. The predicted molar refractivity (Wildman–Crippen MR) is 73.5 cm³/mol. The molecular weight excluding hydrogens is 354 g/mol. The van der Waals surface area contributed by atoms with E-state index in [2.05, 4.69) is 21.2 Å². The van der Waals surface area contributed by atoms with Gasteiger partial charge in [-0.15, -0.1) is 0 Å². The van der Waals surface area contributed by atoms with Crippen LogP contribution in [0.4, 0.5) is 23.2 Å². The fourth-order valence-electron chi connectivity index (χ4n) is 1.68. The highest BCUT2D eigenvalue weighted by atomic mass is 79.9. The van der Waals surface area contributed by atoms with E-state index in [1.807, 2.05) is 0 Å². The highest BCUT2D eigenvalue weighted by Crippen LogP contribution is 2.33. The van der Waals surface area contributed by atoms with Crippen molar-refractivity contribution >= 4 is 27.5 Å². The third-order valence-corrected chi connectivity index (χ3v) is 3.16. The molecule has 0 aliphatic heterocycles. The van der Waals surface area contributed by atoms with Crippen molar-refractivity contribution in [2.75, 3.05) is 5.32 Å². The SMILES string of the molecule is O=C(Nc1ccc(Br)cc1)c1ccc(F)cc1C(F)(F)F. The highest BCUT2D eigenvalue weighted by Gasteiger charge is 2.35. The lowest BCUT2D eigenvalue weighted by atomic mass is 10.1. The van der Waals surface area contributed by atoms with Crippen molar-refractivity contribution in [2.24, 2.45) is 0 Å². The Morgan fingerprint density at radius 3 is 2.24 bits per heavy atom. The normalized spacial score (nSPS) is 11.3. The van der Waals surface area contributed by atoms with E-state index in [0.717, 1.165) is 16.6 Å². The van der Waals surface area contributed by atoms with Crippen LogP contribution in [0.5, 0.6) is 0 Å². The van der Waals surface area contributed by atoms with Gasteiger partial charge in [0.1, 0.15) is 5.82 Å². The summed E-state index contributed by atoms with van der Waals surface area (Å²) in [4.78, 5) is 11.9. The maximum absolute atomic E-state index is 13.0. The molecule has 0 unspecified atom stereocenters. The maximum Gasteiger partial charge on any atom is 0.417 e. The lowest BCUT2D eigenvalue weighted by Crippen LogP contribution is -2.19. The van der Waals surface area contributed by atoms with Crippen LogP contribution in [0.2, 0.25) is 0 Å². The minimum absolute atomic E-state index is 0.302. The second-order valence-electron chi connectivity index (χ2n) is 4.15. The molecule has 0 bridgehead atoms. The van der Waals surface area contributed by atoms with Crippen LogP contribution < -0.4 is 5.32 Å². The molecule has 0 aliphatic carbocycles. The van der Waals surface area contributed by atoms with Gasteiger partial charge in [0.25, 0.3) is 5.91 Å². The summed E-state index contributed by atoms with van der Waals surface area (Å²) in [6, 6.07) is 8.24. The van der Waals surface area contributed by atoms with Gasteiger partial charge < -0.3 is 5.32 Å². The van der Waals surface area contributed by atoms with E-state index in [4.69, 9.17) is 0 Å². The smallest absolute Gasteiger partial charge is 0.322 e. The lowest BCUT2D eigenvalue weighted by Gasteiger charge is -2.13. The van der Waals surface area contributed by atoms with Gasteiger partial charge in [-0.25, -0.2) is 4.39 Å². The molecule has 1 N–H and O–H groups in total. The molecule has 2 aromatic rings.